The molecule has 27 nitrogen and oxygen atoms in total. The Balaban J connectivity index is 0.601. The largest absolute Gasteiger partial charge is 0.479 e. The van der Waals surface area contributed by atoms with Gasteiger partial charge in [-0.15, -0.1) is 0 Å². The van der Waals surface area contributed by atoms with E-state index in [1.807, 2.05) is 65.0 Å². The second-order valence-electron chi connectivity index (χ2n) is 28.5. The lowest BCUT2D eigenvalue weighted by Gasteiger charge is -2.69. The first-order valence-electron chi connectivity index (χ1n) is 34.5. The van der Waals surface area contributed by atoms with E-state index >= 15 is 0 Å². The number of anilines is 3. The first kappa shape index (κ1) is 72.5. The number of alkyl carbamates (subject to hydrolysis) is 1. The Hall–Kier alpha value is -9.29. The van der Waals surface area contributed by atoms with Crippen molar-refractivity contribution >= 4 is 91.7 Å². The number of nitrogens with zero attached hydrogens (tertiary/aromatic N) is 6. The summed E-state index contributed by atoms with van der Waals surface area (Å²) in [6, 6.07) is 21.5. The second-order valence-corrected chi connectivity index (χ2v) is 29.5. The molecule has 28 heteroatoms. The quantitative estimate of drug-likeness (QED) is 0.0149. The fourth-order valence-corrected chi connectivity index (χ4v) is 17.6. The summed E-state index contributed by atoms with van der Waals surface area (Å²) in [5.74, 6) is -3.92. The molecule has 1 saturated heterocycles. The van der Waals surface area contributed by atoms with Crippen LogP contribution in [0.1, 0.15) is 141 Å². The monoisotopic (exact) mass is 1420 g/mol. The predicted molar refractivity (Wildman–Crippen MR) is 373 cm³/mol. The number of carbonyl (C=O) groups is 8. The number of carboxylic acids is 2. The van der Waals surface area contributed by atoms with Crippen LogP contribution in [0.2, 0.25) is 0 Å². The highest BCUT2D eigenvalue weighted by Crippen LogP contribution is 2.72. The van der Waals surface area contributed by atoms with E-state index in [-0.39, 0.29) is 114 Å². The lowest BCUT2D eigenvalue weighted by molar-refractivity contribution is -0.271. The third-order valence-electron chi connectivity index (χ3n) is 20.2. The van der Waals surface area contributed by atoms with Crippen molar-refractivity contribution in [3.8, 4) is 16.9 Å². The van der Waals surface area contributed by atoms with Gasteiger partial charge in [-0.2, -0.15) is 5.10 Å². The molecule has 5 amide bonds. The van der Waals surface area contributed by atoms with Gasteiger partial charge in [-0.25, -0.2) is 24.4 Å². The van der Waals surface area contributed by atoms with E-state index in [1.54, 1.807) is 30.5 Å². The maximum atomic E-state index is 13.8. The van der Waals surface area contributed by atoms with Crippen LogP contribution in [0, 0.1) is 23.2 Å². The zero-order valence-electron chi connectivity index (χ0n) is 57.1. The smallest absolute Gasteiger partial charge is 0.407 e. The van der Waals surface area contributed by atoms with Gasteiger partial charge >= 0.3 is 18.0 Å². The number of thiazole rings is 1. The Morgan fingerprint density at radius 2 is 1.56 bits per heavy atom. The van der Waals surface area contributed by atoms with E-state index < -0.39 is 54.6 Å². The van der Waals surface area contributed by atoms with Gasteiger partial charge in [-0.1, -0.05) is 68.0 Å². The average Bonchev–Trinajstić information content (AvgIpc) is 0.893. The van der Waals surface area contributed by atoms with E-state index in [9.17, 15) is 63.9 Å². The summed E-state index contributed by atoms with van der Waals surface area (Å²) >= 11 is 1.41. The van der Waals surface area contributed by atoms with Crippen LogP contribution in [0.15, 0.2) is 97.2 Å². The van der Waals surface area contributed by atoms with Crippen LogP contribution in [0.4, 0.5) is 21.4 Å². The number of nitrogens with one attached hydrogen (secondary N) is 3. The highest BCUT2D eigenvalue weighted by atomic mass is 32.1. The van der Waals surface area contributed by atoms with Crippen LogP contribution in [-0.4, -0.2) is 180 Å². The zero-order valence-corrected chi connectivity index (χ0v) is 57.9. The van der Waals surface area contributed by atoms with Gasteiger partial charge in [0.25, 0.3) is 17.7 Å². The van der Waals surface area contributed by atoms with E-state index in [2.05, 4.69) is 34.8 Å². The number of para-hydroxylation sites is 1. The van der Waals surface area contributed by atoms with Gasteiger partial charge in [-0.3, -0.25) is 38.9 Å². The number of aliphatic hydroxyl groups excluding tert-OH is 3. The maximum absolute atomic E-state index is 13.8. The van der Waals surface area contributed by atoms with Gasteiger partial charge in [0.1, 0.15) is 42.3 Å². The Kier molecular flexibility index (Phi) is 21.8. The fraction of sp³-hybridized carbons (Fsp3) is 0.473. The van der Waals surface area contributed by atoms with Gasteiger partial charge in [0.05, 0.1) is 47.5 Å². The topological polar surface area (TPSA) is 370 Å². The number of ether oxygens (including phenoxy) is 5. The van der Waals surface area contributed by atoms with E-state index in [0.29, 0.717) is 91.7 Å². The number of amides is 5. The number of benzene rings is 3. The average molecular weight is 1420 g/mol. The SMILES string of the molecule is Cc1c(-c2ccc(N3CCc4cccc(C(=O)Nc5nc6ccccc6s5)c4C3)nc2C(=O)O)cnn1CC12CC3(C)CC(C)(C1)CC(OCCOCCNC(=O)OC/C=C/c1ccc(O[C@@H]4O[C@H](C(=O)O)[C@@H](O)[C@H](O)[C@H]4O)c(NC(=O)CCCC(=O)CCCCCN4C(=O)C=CC4=O)c1)(C3)C2. The molecular weight excluding hydrogens is 1330 g/mol. The molecule has 102 heavy (non-hydrogen) atoms. The lowest BCUT2D eigenvalue weighted by Crippen LogP contribution is -2.64. The number of ketones is 1. The van der Waals surface area contributed by atoms with E-state index in [4.69, 9.17) is 33.8 Å². The highest BCUT2D eigenvalue weighted by molar-refractivity contribution is 7.22. The molecule has 4 bridgehead atoms. The number of aliphatic hydroxyl groups is 3. The van der Waals surface area contributed by atoms with Gasteiger partial charge in [-0.05, 0) is 153 Å². The maximum Gasteiger partial charge on any atom is 0.407 e. The highest BCUT2D eigenvalue weighted by Gasteiger charge is 2.66. The third-order valence-corrected chi connectivity index (χ3v) is 21.1. The number of unbranched alkanes of at least 4 members (excludes halogenated alkanes) is 2. The molecule has 540 valence electrons. The van der Waals surface area contributed by atoms with Gasteiger partial charge in [0.2, 0.25) is 12.2 Å². The minimum atomic E-state index is -1.97. The summed E-state index contributed by atoms with van der Waals surface area (Å²) in [5.41, 5.74) is 5.24. The minimum Gasteiger partial charge on any atom is -0.479 e. The number of hydrogen-bond donors (Lipinski definition) is 8. The predicted octanol–water partition coefficient (Wildman–Crippen LogP) is 8.40. The Labute approximate surface area is 592 Å². The summed E-state index contributed by atoms with van der Waals surface area (Å²) < 4.78 is 32.3. The van der Waals surface area contributed by atoms with Crippen molar-refractivity contribution in [2.75, 3.05) is 61.6 Å². The fourth-order valence-electron chi connectivity index (χ4n) is 16.8. The van der Waals surface area contributed by atoms with Crippen molar-refractivity contribution in [2.24, 2.45) is 16.2 Å². The number of aromatic nitrogens is 4. The summed E-state index contributed by atoms with van der Waals surface area (Å²) in [5, 5.41) is 65.4. The molecule has 7 atom stereocenters. The molecule has 8 N–H and O–H groups in total. The van der Waals surface area contributed by atoms with E-state index in [0.717, 1.165) is 70.5 Å². The Morgan fingerprint density at radius 1 is 0.784 bits per heavy atom. The van der Waals surface area contributed by atoms with Crippen molar-refractivity contribution in [1.29, 1.82) is 0 Å². The van der Waals surface area contributed by atoms with Crippen molar-refractivity contribution in [1.82, 2.24) is 30.0 Å². The van der Waals surface area contributed by atoms with Crippen LogP contribution < -0.4 is 25.6 Å². The number of aliphatic carboxylic acids is 1. The summed E-state index contributed by atoms with van der Waals surface area (Å²) in [4.78, 5) is 113. The third kappa shape index (κ3) is 16.6. The lowest BCUT2D eigenvalue weighted by atomic mass is 9.39. The summed E-state index contributed by atoms with van der Waals surface area (Å²) in [6.45, 7) is 9.40. The molecule has 3 aromatic heterocycles. The molecule has 0 radical (unpaired) electrons. The first-order valence-corrected chi connectivity index (χ1v) is 35.4. The number of rotatable bonds is 31. The van der Waals surface area contributed by atoms with Crippen molar-refractivity contribution < 1.29 is 87.6 Å². The molecule has 3 aromatic carbocycles. The minimum absolute atomic E-state index is 0.0293. The van der Waals surface area contributed by atoms with E-state index in [1.165, 1.54) is 35.6 Å². The normalized spacial score (nSPS) is 24.9. The zero-order chi connectivity index (χ0) is 72.1. The summed E-state index contributed by atoms with van der Waals surface area (Å²) in [6.07, 6.45) is 5.72. The molecule has 3 aliphatic heterocycles. The van der Waals surface area contributed by atoms with Gasteiger partial charge in [0.15, 0.2) is 16.9 Å². The van der Waals surface area contributed by atoms with Crippen molar-refractivity contribution in [3.63, 3.8) is 0 Å². The molecule has 6 aromatic rings. The number of pyridine rings is 1. The van der Waals surface area contributed by atoms with Crippen molar-refractivity contribution in [3.05, 3.63) is 131 Å². The standard InChI is InChI=1S/C74H85N9O18S/c1-44-50(48-21-23-56(79-60(48)66(92)93)81-29-26-46-13-9-16-49(51(46)36-81)65(91)80-69-78-52-17-6-7-18-55(52)102-69)35-76-83(44)43-73-38-71(2)37-72(3,39-73)41-74(40-71,42-73)99-33-32-97-31-27-75-70(96)98-30-11-12-45-20-22-54(100-68-63(90)61(88)62(89)64(101-68)67(94)95)53(34-45)77-57(85)19-10-15-47(84)14-5-4-8-28-82-58(86)24-25-59(82)87/h6-7,9,11-13,16-18,20-25,34-35,61-64,68,88-90H,4-5,8,10,14-15,19,26-33,36-43H2,1-3H3,(H,75,96)(H,77,85)(H,92,93)(H,94,95)(H,78,80,91)/b12-11+/t61-,62-,63+,64-,68+,71?,72?,73?,74?/m0/s1. The number of Topliss-reactive ketones (excluding diaryl/α,β-unsaturated/α-hetero) is 1. The molecule has 4 aliphatic carbocycles. The first-order chi connectivity index (χ1) is 48.9. The number of hydrogen-bond acceptors (Lipinski definition) is 21. The molecule has 4 saturated carbocycles. The van der Waals surface area contributed by atoms with Crippen LogP contribution >= 0.6 is 11.3 Å². The molecule has 13 rings (SSSR count). The molecule has 0 spiro atoms. The van der Waals surface area contributed by atoms with Crippen molar-refractivity contribution in [2.45, 2.75) is 160 Å². The van der Waals surface area contributed by atoms with Crippen LogP contribution in [-0.2, 0) is 62.4 Å². The molecule has 5 fully saturated rings. The molecule has 7 aliphatic rings. The Bertz CT molecular complexity index is 4190. The van der Waals surface area contributed by atoms with Crippen LogP contribution in [0.5, 0.6) is 5.75 Å². The number of fused-ring (bicyclic) bond motifs is 2. The number of aromatic carboxylic acids is 1. The second kappa shape index (κ2) is 30.7. The van der Waals surface area contributed by atoms with Gasteiger partial charge < -0.3 is 64.8 Å². The van der Waals surface area contributed by atoms with Gasteiger partial charge in [0, 0.05) is 86.5 Å². The number of carboxylic acid groups (broad SMARTS) is 2. The molecule has 6 heterocycles. The summed E-state index contributed by atoms with van der Waals surface area (Å²) in [7, 11) is 0. The number of carbonyl (C=O) groups excluding carboxylic acids is 6. The Morgan fingerprint density at radius 3 is 2.32 bits per heavy atom. The molecular formula is C74H85N9O18S. The van der Waals surface area contributed by atoms with Crippen LogP contribution in [0.3, 0.4) is 0 Å². The van der Waals surface area contributed by atoms with Crippen LogP contribution in [0.25, 0.3) is 27.4 Å². The number of imide groups is 1. The molecule has 2 unspecified atom stereocenters.